The Morgan fingerprint density at radius 1 is 1.00 bits per heavy atom. The molecule has 2 rings (SSSR count). The minimum absolute atomic E-state index is 0.0680. The third kappa shape index (κ3) is 5.31. The quantitative estimate of drug-likeness (QED) is 0.783. The first-order valence-corrected chi connectivity index (χ1v) is 7.26. The number of ether oxygens (including phenoxy) is 1. The second-order valence-electron chi connectivity index (χ2n) is 5.20. The maximum absolute atomic E-state index is 9.52. The lowest BCUT2D eigenvalue weighted by molar-refractivity contribution is 0.185. The van der Waals surface area contributed by atoms with Crippen LogP contribution >= 0.6 is 0 Å². The lowest BCUT2D eigenvalue weighted by Gasteiger charge is -2.16. The van der Waals surface area contributed by atoms with E-state index in [0.717, 1.165) is 13.0 Å². The van der Waals surface area contributed by atoms with Crippen LogP contribution in [0.1, 0.15) is 16.7 Å². The molecule has 0 radical (unpaired) electrons. The molecule has 0 bridgehead atoms. The molecular weight excluding hydrogens is 262 g/mol. The van der Waals surface area contributed by atoms with Gasteiger partial charge in [-0.05, 0) is 23.1 Å². The van der Waals surface area contributed by atoms with Crippen LogP contribution in [-0.4, -0.2) is 24.9 Å². The number of aliphatic hydroxyl groups is 1. The molecule has 2 aromatic carbocycles. The highest BCUT2D eigenvalue weighted by atomic mass is 16.5. The molecule has 0 aliphatic carbocycles. The third-order valence-corrected chi connectivity index (χ3v) is 3.44. The van der Waals surface area contributed by atoms with Crippen LogP contribution in [0.15, 0.2) is 54.6 Å². The average Bonchev–Trinajstić information content (AvgIpc) is 2.53. The highest BCUT2D eigenvalue weighted by Crippen LogP contribution is 2.08. The summed E-state index contributed by atoms with van der Waals surface area (Å²) in [6.07, 6.45) is 0.828. The van der Waals surface area contributed by atoms with Gasteiger partial charge in [-0.25, -0.2) is 0 Å². The Bertz CT molecular complexity index is 528. The van der Waals surface area contributed by atoms with E-state index in [9.17, 15) is 5.11 Å². The SMILES string of the molecule is COCc1cccc(CN[C@@H](CO)Cc2ccccc2)c1. The summed E-state index contributed by atoms with van der Waals surface area (Å²) in [4.78, 5) is 0. The van der Waals surface area contributed by atoms with Crippen molar-refractivity contribution in [1.29, 1.82) is 0 Å². The van der Waals surface area contributed by atoms with Gasteiger partial charge >= 0.3 is 0 Å². The van der Waals surface area contributed by atoms with Crippen molar-refractivity contribution in [3.8, 4) is 0 Å². The molecule has 0 amide bonds. The van der Waals surface area contributed by atoms with E-state index < -0.39 is 0 Å². The standard InChI is InChI=1S/C18H23NO2/c1-21-14-17-9-5-8-16(10-17)12-19-18(13-20)11-15-6-3-2-4-7-15/h2-10,18-20H,11-14H2,1H3/t18-/m1/s1. The van der Waals surface area contributed by atoms with E-state index in [1.807, 2.05) is 24.3 Å². The van der Waals surface area contributed by atoms with Gasteiger partial charge in [0, 0.05) is 19.7 Å². The van der Waals surface area contributed by atoms with Gasteiger partial charge in [-0.2, -0.15) is 0 Å². The summed E-state index contributed by atoms with van der Waals surface area (Å²) in [7, 11) is 1.70. The maximum Gasteiger partial charge on any atom is 0.0713 e. The third-order valence-electron chi connectivity index (χ3n) is 3.44. The summed E-state index contributed by atoms with van der Waals surface area (Å²) in [5, 5.41) is 12.9. The van der Waals surface area contributed by atoms with E-state index in [-0.39, 0.29) is 12.6 Å². The summed E-state index contributed by atoms with van der Waals surface area (Å²) < 4.78 is 5.15. The average molecular weight is 285 g/mol. The first-order chi connectivity index (χ1) is 10.3. The molecule has 0 unspecified atom stereocenters. The maximum atomic E-state index is 9.52. The van der Waals surface area contributed by atoms with Crippen LogP contribution in [0.3, 0.4) is 0 Å². The molecular formula is C18H23NO2. The van der Waals surface area contributed by atoms with Crippen molar-refractivity contribution in [3.05, 3.63) is 71.3 Å². The van der Waals surface area contributed by atoms with Gasteiger partial charge in [0.05, 0.1) is 13.2 Å². The molecule has 2 N–H and O–H groups in total. The highest BCUT2D eigenvalue weighted by molar-refractivity contribution is 5.23. The molecule has 2 aromatic rings. The highest BCUT2D eigenvalue weighted by Gasteiger charge is 2.08. The topological polar surface area (TPSA) is 41.5 Å². The van der Waals surface area contributed by atoms with Crippen LogP contribution < -0.4 is 5.32 Å². The molecule has 112 valence electrons. The van der Waals surface area contributed by atoms with E-state index >= 15 is 0 Å². The molecule has 3 nitrogen and oxygen atoms in total. The zero-order valence-electron chi connectivity index (χ0n) is 12.5. The molecule has 0 fully saturated rings. The van der Waals surface area contributed by atoms with E-state index in [4.69, 9.17) is 4.74 Å². The van der Waals surface area contributed by atoms with Crippen molar-refractivity contribution in [3.63, 3.8) is 0 Å². The van der Waals surface area contributed by atoms with Gasteiger partial charge in [0.1, 0.15) is 0 Å². The molecule has 0 saturated carbocycles. The molecule has 1 atom stereocenters. The minimum Gasteiger partial charge on any atom is -0.395 e. The summed E-state index contributed by atoms with van der Waals surface area (Å²) in [6.45, 7) is 1.50. The minimum atomic E-state index is 0.0680. The number of aliphatic hydroxyl groups excluding tert-OH is 1. The fourth-order valence-corrected chi connectivity index (χ4v) is 2.36. The van der Waals surface area contributed by atoms with Crippen LogP contribution in [0.5, 0.6) is 0 Å². The van der Waals surface area contributed by atoms with Crippen molar-refractivity contribution >= 4 is 0 Å². The second-order valence-corrected chi connectivity index (χ2v) is 5.20. The zero-order chi connectivity index (χ0) is 14.9. The van der Waals surface area contributed by atoms with Crippen LogP contribution in [0.25, 0.3) is 0 Å². The number of rotatable bonds is 8. The summed E-state index contributed by atoms with van der Waals surface area (Å²) in [5.41, 5.74) is 3.61. The zero-order valence-corrected chi connectivity index (χ0v) is 12.5. The molecule has 0 spiro atoms. The van der Waals surface area contributed by atoms with Gasteiger partial charge in [0.2, 0.25) is 0 Å². The predicted octanol–water partition coefficient (Wildman–Crippen LogP) is 2.53. The van der Waals surface area contributed by atoms with Gasteiger partial charge in [-0.1, -0.05) is 54.6 Å². The van der Waals surface area contributed by atoms with Gasteiger partial charge < -0.3 is 15.2 Å². The van der Waals surface area contributed by atoms with Crippen molar-refractivity contribution in [1.82, 2.24) is 5.32 Å². The summed E-state index contributed by atoms with van der Waals surface area (Å²) in [5.74, 6) is 0. The normalized spacial score (nSPS) is 12.3. The molecule has 0 aromatic heterocycles. The Morgan fingerprint density at radius 2 is 1.71 bits per heavy atom. The van der Waals surface area contributed by atoms with Crippen molar-refractivity contribution < 1.29 is 9.84 Å². The predicted molar refractivity (Wildman–Crippen MR) is 85.0 cm³/mol. The first kappa shape index (κ1) is 15.7. The van der Waals surface area contributed by atoms with Crippen LogP contribution in [0.4, 0.5) is 0 Å². The Hall–Kier alpha value is -1.68. The fraction of sp³-hybridized carbons (Fsp3) is 0.333. The number of hydrogen-bond donors (Lipinski definition) is 2. The van der Waals surface area contributed by atoms with Gasteiger partial charge in [0.15, 0.2) is 0 Å². The molecule has 0 heterocycles. The largest absolute Gasteiger partial charge is 0.395 e. The number of benzene rings is 2. The summed E-state index contributed by atoms with van der Waals surface area (Å²) in [6, 6.07) is 18.6. The van der Waals surface area contributed by atoms with Crippen LogP contribution in [0.2, 0.25) is 0 Å². The smallest absolute Gasteiger partial charge is 0.0713 e. The van der Waals surface area contributed by atoms with E-state index in [1.54, 1.807) is 7.11 Å². The first-order valence-electron chi connectivity index (χ1n) is 7.26. The monoisotopic (exact) mass is 285 g/mol. The Morgan fingerprint density at radius 3 is 2.43 bits per heavy atom. The molecule has 0 saturated heterocycles. The van der Waals surface area contributed by atoms with Gasteiger partial charge in [-0.3, -0.25) is 0 Å². The number of nitrogens with one attached hydrogen (secondary N) is 1. The van der Waals surface area contributed by atoms with E-state index in [2.05, 4.69) is 35.6 Å². The van der Waals surface area contributed by atoms with Gasteiger partial charge in [0.25, 0.3) is 0 Å². The van der Waals surface area contributed by atoms with Crippen molar-refractivity contribution in [2.24, 2.45) is 0 Å². The summed E-state index contributed by atoms with van der Waals surface area (Å²) >= 11 is 0. The second kappa shape index (κ2) is 8.57. The lowest BCUT2D eigenvalue weighted by Crippen LogP contribution is -2.34. The Kier molecular flexibility index (Phi) is 6.41. The fourth-order valence-electron chi connectivity index (χ4n) is 2.36. The lowest BCUT2D eigenvalue weighted by atomic mass is 10.1. The van der Waals surface area contributed by atoms with Crippen LogP contribution in [0, 0.1) is 0 Å². The Balaban J connectivity index is 1.89. The van der Waals surface area contributed by atoms with Crippen LogP contribution in [-0.2, 0) is 24.3 Å². The molecule has 21 heavy (non-hydrogen) atoms. The molecule has 3 heteroatoms. The molecule has 0 aliphatic rings. The molecule has 0 aliphatic heterocycles. The number of methoxy groups -OCH3 is 1. The van der Waals surface area contributed by atoms with E-state index in [1.165, 1.54) is 16.7 Å². The van der Waals surface area contributed by atoms with Gasteiger partial charge in [-0.15, -0.1) is 0 Å². The van der Waals surface area contributed by atoms with Crippen molar-refractivity contribution in [2.45, 2.75) is 25.6 Å². The van der Waals surface area contributed by atoms with Crippen molar-refractivity contribution in [2.75, 3.05) is 13.7 Å². The Labute approximate surface area is 126 Å². The number of hydrogen-bond acceptors (Lipinski definition) is 3. The van der Waals surface area contributed by atoms with E-state index in [0.29, 0.717) is 6.61 Å².